The molecule has 2 fully saturated rings. The van der Waals surface area contributed by atoms with E-state index in [2.05, 4.69) is 18.7 Å². The number of nitrogens with two attached hydrogens (primary N) is 1. The van der Waals surface area contributed by atoms with Crippen LogP contribution >= 0.6 is 0 Å². The van der Waals surface area contributed by atoms with Crippen LogP contribution in [0.2, 0.25) is 0 Å². The molecular formula is C15H30N2O. The lowest BCUT2D eigenvalue weighted by Crippen LogP contribution is -2.59. The van der Waals surface area contributed by atoms with Crippen molar-refractivity contribution in [3.8, 4) is 0 Å². The van der Waals surface area contributed by atoms with E-state index in [1.807, 2.05) is 0 Å². The van der Waals surface area contributed by atoms with E-state index in [9.17, 15) is 0 Å². The van der Waals surface area contributed by atoms with Gasteiger partial charge in [0.1, 0.15) is 0 Å². The van der Waals surface area contributed by atoms with E-state index < -0.39 is 0 Å². The molecule has 2 rings (SSSR count). The Kier molecular flexibility index (Phi) is 5.05. The first-order chi connectivity index (χ1) is 8.63. The summed E-state index contributed by atoms with van der Waals surface area (Å²) in [6, 6.07) is 0.548. The molecule has 1 aliphatic heterocycles. The molecule has 0 amide bonds. The molecule has 0 aromatic rings. The lowest BCUT2D eigenvalue weighted by Gasteiger charge is -2.47. The molecule has 0 spiro atoms. The lowest BCUT2D eigenvalue weighted by molar-refractivity contribution is -0.0746. The van der Waals surface area contributed by atoms with Gasteiger partial charge in [-0.25, -0.2) is 0 Å². The molecule has 18 heavy (non-hydrogen) atoms. The minimum atomic E-state index is 0.150. The number of rotatable bonds is 4. The highest BCUT2D eigenvalue weighted by atomic mass is 16.5. The summed E-state index contributed by atoms with van der Waals surface area (Å²) in [7, 11) is 0. The second kappa shape index (κ2) is 6.36. The highest BCUT2D eigenvalue weighted by Crippen LogP contribution is 2.31. The maximum Gasteiger partial charge on any atom is 0.0645 e. The van der Waals surface area contributed by atoms with Crippen molar-refractivity contribution in [2.75, 3.05) is 26.3 Å². The smallest absolute Gasteiger partial charge is 0.0645 e. The summed E-state index contributed by atoms with van der Waals surface area (Å²) in [6.07, 6.45) is 8.41. The summed E-state index contributed by atoms with van der Waals surface area (Å²) < 4.78 is 5.62. The molecule has 2 N–H and O–H groups in total. The summed E-state index contributed by atoms with van der Waals surface area (Å²) in [5, 5.41) is 0. The normalized spacial score (nSPS) is 28.2. The van der Waals surface area contributed by atoms with Gasteiger partial charge in [0.2, 0.25) is 0 Å². The lowest BCUT2D eigenvalue weighted by atomic mass is 9.83. The molecule has 1 saturated heterocycles. The maximum absolute atomic E-state index is 6.06. The molecule has 2 aliphatic rings. The van der Waals surface area contributed by atoms with Gasteiger partial charge < -0.3 is 10.5 Å². The molecule has 0 radical (unpaired) electrons. The number of morpholine rings is 1. The van der Waals surface area contributed by atoms with Gasteiger partial charge in [0.15, 0.2) is 0 Å². The predicted octanol–water partition coefficient (Wildman–Crippen LogP) is 2.39. The topological polar surface area (TPSA) is 38.5 Å². The first-order valence-corrected chi connectivity index (χ1v) is 7.68. The van der Waals surface area contributed by atoms with Crippen molar-refractivity contribution in [1.29, 1.82) is 0 Å². The highest BCUT2D eigenvalue weighted by Gasteiger charge is 2.35. The summed E-state index contributed by atoms with van der Waals surface area (Å²) in [5.41, 5.74) is 6.21. The van der Waals surface area contributed by atoms with E-state index in [-0.39, 0.29) is 5.54 Å². The second-order valence-corrected chi connectivity index (χ2v) is 6.69. The largest absolute Gasteiger partial charge is 0.378 e. The van der Waals surface area contributed by atoms with Gasteiger partial charge in [-0.3, -0.25) is 4.90 Å². The fourth-order valence-corrected chi connectivity index (χ4v) is 3.71. The zero-order valence-corrected chi connectivity index (χ0v) is 12.2. The fraction of sp³-hybridized carbons (Fsp3) is 1.00. The van der Waals surface area contributed by atoms with Crippen LogP contribution in [0.5, 0.6) is 0 Å². The monoisotopic (exact) mass is 254 g/mol. The van der Waals surface area contributed by atoms with E-state index in [0.29, 0.717) is 6.04 Å². The van der Waals surface area contributed by atoms with Crippen LogP contribution in [-0.2, 0) is 4.74 Å². The molecular weight excluding hydrogens is 224 g/mol. The van der Waals surface area contributed by atoms with Gasteiger partial charge in [0.25, 0.3) is 0 Å². The van der Waals surface area contributed by atoms with Gasteiger partial charge in [-0.15, -0.1) is 0 Å². The van der Waals surface area contributed by atoms with Gasteiger partial charge in [0, 0.05) is 24.7 Å². The molecule has 106 valence electrons. The van der Waals surface area contributed by atoms with E-state index in [1.165, 1.54) is 38.5 Å². The third-order valence-electron chi connectivity index (χ3n) is 4.75. The van der Waals surface area contributed by atoms with Crippen LogP contribution in [0.4, 0.5) is 0 Å². The molecule has 0 aromatic carbocycles. The Morgan fingerprint density at radius 2 is 2.00 bits per heavy atom. The van der Waals surface area contributed by atoms with E-state index in [4.69, 9.17) is 10.5 Å². The van der Waals surface area contributed by atoms with Crippen LogP contribution in [0.1, 0.15) is 52.4 Å². The SMILES string of the molecule is CC1(C)COCCN1C(CN)CC1CCCCC1. The Morgan fingerprint density at radius 3 is 2.61 bits per heavy atom. The Hall–Kier alpha value is -0.120. The van der Waals surface area contributed by atoms with Gasteiger partial charge in [0.05, 0.1) is 13.2 Å². The van der Waals surface area contributed by atoms with E-state index >= 15 is 0 Å². The minimum Gasteiger partial charge on any atom is -0.378 e. The van der Waals surface area contributed by atoms with Crippen molar-refractivity contribution in [3.05, 3.63) is 0 Å². The number of ether oxygens (including phenoxy) is 1. The third kappa shape index (κ3) is 3.46. The van der Waals surface area contributed by atoms with Gasteiger partial charge >= 0.3 is 0 Å². The summed E-state index contributed by atoms with van der Waals surface area (Å²) in [5.74, 6) is 0.908. The Balaban J connectivity index is 1.93. The summed E-state index contributed by atoms with van der Waals surface area (Å²) in [6.45, 7) is 8.12. The highest BCUT2D eigenvalue weighted by molar-refractivity contribution is 4.90. The number of nitrogens with zero attached hydrogens (tertiary/aromatic N) is 1. The van der Waals surface area contributed by atoms with Crippen LogP contribution in [0.15, 0.2) is 0 Å². The van der Waals surface area contributed by atoms with Crippen LogP contribution in [0.25, 0.3) is 0 Å². The molecule has 1 unspecified atom stereocenters. The van der Waals surface area contributed by atoms with Crippen molar-refractivity contribution in [2.45, 2.75) is 64.0 Å². The quantitative estimate of drug-likeness (QED) is 0.837. The summed E-state index contributed by atoms with van der Waals surface area (Å²) >= 11 is 0. The second-order valence-electron chi connectivity index (χ2n) is 6.69. The standard InChI is InChI=1S/C15H30N2O/c1-15(2)12-18-9-8-17(15)14(11-16)10-13-6-4-3-5-7-13/h13-14H,3-12,16H2,1-2H3. The van der Waals surface area contributed by atoms with Crippen molar-refractivity contribution >= 4 is 0 Å². The average molecular weight is 254 g/mol. The van der Waals surface area contributed by atoms with Gasteiger partial charge in [-0.2, -0.15) is 0 Å². The van der Waals surface area contributed by atoms with Gasteiger partial charge in [-0.05, 0) is 26.2 Å². The summed E-state index contributed by atoms with van der Waals surface area (Å²) in [4.78, 5) is 2.60. The Morgan fingerprint density at radius 1 is 1.28 bits per heavy atom. The maximum atomic E-state index is 6.06. The first kappa shape index (κ1) is 14.3. The number of hydrogen-bond acceptors (Lipinski definition) is 3. The predicted molar refractivity (Wildman–Crippen MR) is 75.6 cm³/mol. The average Bonchev–Trinajstić information content (AvgIpc) is 2.37. The molecule has 1 aliphatic carbocycles. The molecule has 0 bridgehead atoms. The Labute approximate surface area is 112 Å². The van der Waals surface area contributed by atoms with Crippen LogP contribution in [0.3, 0.4) is 0 Å². The molecule has 1 atom stereocenters. The minimum absolute atomic E-state index is 0.150. The van der Waals surface area contributed by atoms with Crippen LogP contribution in [-0.4, -0.2) is 42.8 Å². The fourth-order valence-electron chi connectivity index (χ4n) is 3.71. The van der Waals surface area contributed by atoms with Crippen molar-refractivity contribution in [3.63, 3.8) is 0 Å². The number of hydrogen-bond donors (Lipinski definition) is 1. The molecule has 0 aromatic heterocycles. The Bertz CT molecular complexity index is 249. The first-order valence-electron chi connectivity index (χ1n) is 7.68. The zero-order valence-electron chi connectivity index (χ0n) is 12.2. The van der Waals surface area contributed by atoms with E-state index in [1.54, 1.807) is 0 Å². The van der Waals surface area contributed by atoms with Crippen molar-refractivity contribution in [2.24, 2.45) is 11.7 Å². The van der Waals surface area contributed by atoms with Gasteiger partial charge in [-0.1, -0.05) is 32.1 Å². The zero-order chi connectivity index (χ0) is 13.0. The molecule has 1 saturated carbocycles. The van der Waals surface area contributed by atoms with Crippen LogP contribution in [0, 0.1) is 5.92 Å². The molecule has 3 nitrogen and oxygen atoms in total. The molecule has 3 heteroatoms. The third-order valence-corrected chi connectivity index (χ3v) is 4.75. The molecule has 1 heterocycles. The van der Waals surface area contributed by atoms with E-state index in [0.717, 1.165) is 32.2 Å². The van der Waals surface area contributed by atoms with Crippen LogP contribution < -0.4 is 5.73 Å². The van der Waals surface area contributed by atoms with Crippen molar-refractivity contribution < 1.29 is 4.74 Å². The van der Waals surface area contributed by atoms with Crippen molar-refractivity contribution in [1.82, 2.24) is 4.90 Å².